The third kappa shape index (κ3) is 8.39. The zero-order chi connectivity index (χ0) is 11.4. The average molecular weight is 209 g/mol. The second-order valence-corrected chi connectivity index (χ2v) is 4.73. The Hall–Kier alpha value is -0.210. The van der Waals surface area contributed by atoms with Crippen LogP contribution in [0.4, 0.5) is 13.2 Å². The Kier molecular flexibility index (Phi) is 5.53. The van der Waals surface area contributed by atoms with Crippen LogP contribution in [-0.2, 0) is 0 Å². The first-order valence-electron chi connectivity index (χ1n) is 5.13. The molecule has 0 heterocycles. The minimum Gasteiger partial charge on any atom is -0.171 e. The molecule has 0 spiro atoms. The third-order valence-electron chi connectivity index (χ3n) is 1.97. The molecule has 0 aromatic heterocycles. The molecule has 3 heteroatoms. The minimum atomic E-state index is -4.13. The lowest BCUT2D eigenvalue weighted by atomic mass is 9.87. The van der Waals surface area contributed by atoms with E-state index < -0.39 is 6.18 Å². The van der Waals surface area contributed by atoms with E-state index in [1.807, 2.05) is 27.7 Å². The van der Waals surface area contributed by atoms with Crippen LogP contribution in [0.3, 0.4) is 0 Å². The van der Waals surface area contributed by atoms with Crippen LogP contribution in [0.5, 0.6) is 0 Å². The molecule has 0 aliphatic rings. The van der Waals surface area contributed by atoms with E-state index >= 15 is 0 Å². The molecule has 0 bridgehead atoms. The summed E-state index contributed by atoms with van der Waals surface area (Å²) in [6, 6.07) is 0. The van der Waals surface area contributed by atoms with Crippen molar-refractivity contribution in [2.24, 2.45) is 17.8 Å². The largest absolute Gasteiger partial charge is 0.392 e. The van der Waals surface area contributed by atoms with E-state index in [2.05, 4.69) is 0 Å². The lowest BCUT2D eigenvalue weighted by molar-refractivity contribution is -0.105. The van der Waals surface area contributed by atoms with Gasteiger partial charge in [-0.1, -0.05) is 27.7 Å². The van der Waals surface area contributed by atoms with Crippen LogP contribution >= 0.6 is 0 Å². The number of alkyl halides is 3. The van der Waals surface area contributed by atoms with Crippen molar-refractivity contribution in [3.05, 3.63) is 6.42 Å². The molecule has 0 aromatic rings. The normalized spacial score (nSPS) is 13.3. The maximum absolute atomic E-state index is 12.2. The predicted molar refractivity (Wildman–Crippen MR) is 52.8 cm³/mol. The van der Waals surface area contributed by atoms with Gasteiger partial charge in [-0.2, -0.15) is 13.2 Å². The van der Waals surface area contributed by atoms with Gasteiger partial charge in [-0.25, -0.2) is 0 Å². The Bertz CT molecular complexity index is 137. The lowest BCUT2D eigenvalue weighted by Crippen LogP contribution is -2.19. The fourth-order valence-electron chi connectivity index (χ4n) is 1.71. The van der Waals surface area contributed by atoms with E-state index in [9.17, 15) is 13.2 Å². The number of hydrogen-bond donors (Lipinski definition) is 0. The molecule has 0 saturated heterocycles. The molecule has 85 valence electrons. The number of rotatable bonds is 5. The summed E-state index contributed by atoms with van der Waals surface area (Å²) in [5.74, 6) is 0.310. The Morgan fingerprint density at radius 1 is 0.929 bits per heavy atom. The molecular weight excluding hydrogens is 189 g/mol. The van der Waals surface area contributed by atoms with Crippen LogP contribution in [-0.4, -0.2) is 6.18 Å². The third-order valence-corrected chi connectivity index (χ3v) is 1.97. The summed E-state index contributed by atoms with van der Waals surface area (Å²) in [5.41, 5.74) is 0. The second kappa shape index (κ2) is 5.62. The monoisotopic (exact) mass is 209 g/mol. The molecule has 0 aliphatic heterocycles. The molecular formula is C11H20F3. The number of halogens is 3. The van der Waals surface area contributed by atoms with E-state index in [1.54, 1.807) is 0 Å². The van der Waals surface area contributed by atoms with E-state index in [0.29, 0.717) is 31.1 Å². The van der Waals surface area contributed by atoms with E-state index in [0.717, 1.165) is 0 Å². The van der Waals surface area contributed by atoms with Gasteiger partial charge in [0, 0.05) is 0 Å². The van der Waals surface area contributed by atoms with E-state index in [-0.39, 0.29) is 5.92 Å². The summed E-state index contributed by atoms with van der Waals surface area (Å²) >= 11 is 0. The molecule has 0 aromatic carbocycles. The van der Waals surface area contributed by atoms with Gasteiger partial charge in [0.2, 0.25) is 0 Å². The first-order chi connectivity index (χ1) is 6.20. The van der Waals surface area contributed by atoms with Crippen molar-refractivity contribution in [3.63, 3.8) is 0 Å². The van der Waals surface area contributed by atoms with Crippen LogP contribution in [0.2, 0.25) is 0 Å². The van der Waals surface area contributed by atoms with Crippen LogP contribution in [0.15, 0.2) is 0 Å². The molecule has 14 heavy (non-hydrogen) atoms. The van der Waals surface area contributed by atoms with Gasteiger partial charge in [0.1, 0.15) is 0 Å². The van der Waals surface area contributed by atoms with Crippen molar-refractivity contribution in [3.8, 4) is 0 Å². The quantitative estimate of drug-likeness (QED) is 0.627. The Morgan fingerprint density at radius 3 is 1.50 bits per heavy atom. The maximum Gasteiger partial charge on any atom is 0.392 e. The van der Waals surface area contributed by atoms with Gasteiger partial charge in [-0.05, 0) is 30.6 Å². The van der Waals surface area contributed by atoms with E-state index in [1.165, 1.54) is 0 Å². The van der Waals surface area contributed by atoms with Gasteiger partial charge < -0.3 is 0 Å². The molecule has 0 atom stereocenters. The van der Waals surface area contributed by atoms with Gasteiger partial charge >= 0.3 is 6.18 Å². The smallest absolute Gasteiger partial charge is 0.171 e. The fourth-order valence-corrected chi connectivity index (χ4v) is 1.71. The summed E-state index contributed by atoms with van der Waals surface area (Å²) in [4.78, 5) is 0. The molecule has 0 nitrogen and oxygen atoms in total. The Balaban J connectivity index is 4.11. The zero-order valence-corrected chi connectivity index (χ0v) is 9.36. The van der Waals surface area contributed by atoms with Gasteiger partial charge in [-0.15, -0.1) is 0 Å². The van der Waals surface area contributed by atoms with Gasteiger partial charge in [0.15, 0.2) is 0 Å². The van der Waals surface area contributed by atoms with Gasteiger partial charge in [-0.3, -0.25) is 0 Å². The molecule has 0 aliphatic carbocycles. The first-order valence-corrected chi connectivity index (χ1v) is 5.13. The molecule has 0 fully saturated rings. The number of hydrogen-bond acceptors (Lipinski definition) is 0. The summed E-state index contributed by atoms with van der Waals surface area (Å²) in [5, 5.41) is 0. The highest BCUT2D eigenvalue weighted by Crippen LogP contribution is 2.31. The summed E-state index contributed by atoms with van der Waals surface area (Å²) in [6.45, 7) is 7.82. The molecule has 0 N–H and O–H groups in total. The molecule has 0 amide bonds. The molecule has 1 radical (unpaired) electrons. The van der Waals surface area contributed by atoms with Gasteiger partial charge in [0.05, 0.1) is 6.42 Å². The predicted octanol–water partition coefficient (Wildman–Crippen LogP) is 4.46. The topological polar surface area (TPSA) is 0 Å². The van der Waals surface area contributed by atoms with Crippen molar-refractivity contribution in [1.29, 1.82) is 0 Å². The highest BCUT2D eigenvalue weighted by molar-refractivity contribution is 4.84. The van der Waals surface area contributed by atoms with Gasteiger partial charge in [0.25, 0.3) is 0 Å². The van der Waals surface area contributed by atoms with Crippen molar-refractivity contribution in [1.82, 2.24) is 0 Å². The van der Waals surface area contributed by atoms with Crippen LogP contribution in [0.1, 0.15) is 40.5 Å². The highest BCUT2D eigenvalue weighted by Gasteiger charge is 2.32. The van der Waals surface area contributed by atoms with E-state index in [4.69, 9.17) is 0 Å². The average Bonchev–Trinajstić information content (AvgIpc) is 1.77. The van der Waals surface area contributed by atoms with Crippen molar-refractivity contribution >= 4 is 0 Å². The maximum atomic E-state index is 12.2. The highest BCUT2D eigenvalue weighted by atomic mass is 19.4. The molecule has 0 rings (SSSR count). The standard InChI is InChI=1S/C11H20F3/c1-8(2)5-10(6-9(3)4)7-11(12,13)14/h7-10H,5-6H2,1-4H3. The lowest BCUT2D eigenvalue weighted by Gasteiger charge is -2.21. The summed E-state index contributed by atoms with van der Waals surface area (Å²) < 4.78 is 36.5. The van der Waals surface area contributed by atoms with Crippen LogP contribution in [0, 0.1) is 24.2 Å². The zero-order valence-electron chi connectivity index (χ0n) is 9.36. The second-order valence-electron chi connectivity index (χ2n) is 4.73. The fraction of sp³-hybridized carbons (Fsp3) is 0.909. The summed E-state index contributed by atoms with van der Waals surface area (Å²) in [6.07, 6.45) is -2.34. The molecule has 0 saturated carbocycles. The van der Waals surface area contributed by atoms with Crippen molar-refractivity contribution < 1.29 is 13.2 Å². The Morgan fingerprint density at radius 2 is 1.29 bits per heavy atom. The SMILES string of the molecule is CC(C)CC([CH]C(F)(F)F)CC(C)C. The van der Waals surface area contributed by atoms with Crippen LogP contribution in [0.25, 0.3) is 0 Å². The molecule has 0 unspecified atom stereocenters. The van der Waals surface area contributed by atoms with Crippen LogP contribution < -0.4 is 0 Å². The minimum absolute atomic E-state index is 0.317. The Labute approximate surface area is 84.9 Å². The van der Waals surface area contributed by atoms with Crippen molar-refractivity contribution in [2.45, 2.75) is 46.7 Å². The summed E-state index contributed by atoms with van der Waals surface area (Å²) in [7, 11) is 0. The van der Waals surface area contributed by atoms with Crippen molar-refractivity contribution in [2.75, 3.05) is 0 Å². The first kappa shape index (κ1) is 13.8.